The Kier molecular flexibility index (Phi) is 6.37. The smallest absolute Gasteiger partial charge is 0.412 e. The van der Waals surface area contributed by atoms with Gasteiger partial charge in [-0.15, -0.1) is 0 Å². The van der Waals surface area contributed by atoms with Crippen molar-refractivity contribution in [3.05, 3.63) is 0 Å². The van der Waals surface area contributed by atoms with Crippen molar-refractivity contribution in [1.29, 1.82) is 0 Å². The molecule has 1 aliphatic rings. The maximum atomic E-state index is 12.4. The summed E-state index contributed by atoms with van der Waals surface area (Å²) in [6, 6.07) is -1.62. The first-order chi connectivity index (χ1) is 10.6. The number of rotatable bonds is 4. The highest BCUT2D eigenvalue weighted by atomic mass is 16.6. The summed E-state index contributed by atoms with van der Waals surface area (Å²) in [5.74, 6) is -1.16. The summed E-state index contributed by atoms with van der Waals surface area (Å²) in [6.07, 6.45) is -0.630. The first-order valence-corrected chi connectivity index (χ1v) is 7.52. The van der Waals surface area contributed by atoms with Crippen LogP contribution in [-0.4, -0.2) is 61.0 Å². The summed E-state index contributed by atoms with van der Waals surface area (Å²) in [5, 5.41) is 2.61. The number of esters is 1. The summed E-state index contributed by atoms with van der Waals surface area (Å²) in [4.78, 5) is 37.5. The van der Waals surface area contributed by atoms with Crippen molar-refractivity contribution in [1.82, 2.24) is 10.2 Å². The van der Waals surface area contributed by atoms with E-state index in [0.29, 0.717) is 0 Å². The Hall–Kier alpha value is -1.83. The number of nitrogens with one attached hydrogen (secondary N) is 1. The molecule has 0 aromatic heterocycles. The Labute approximate surface area is 136 Å². The largest absolute Gasteiger partial charge is 0.467 e. The van der Waals surface area contributed by atoms with Gasteiger partial charge < -0.3 is 19.5 Å². The van der Waals surface area contributed by atoms with E-state index in [1.165, 1.54) is 12.0 Å². The van der Waals surface area contributed by atoms with E-state index in [0.717, 1.165) is 0 Å². The molecule has 132 valence electrons. The average Bonchev–Trinajstić information content (AvgIpc) is 2.91. The Balaban J connectivity index is 2.77. The molecule has 1 saturated heterocycles. The molecule has 0 unspecified atom stereocenters. The van der Waals surface area contributed by atoms with Crippen LogP contribution in [0.5, 0.6) is 0 Å². The highest BCUT2D eigenvalue weighted by molar-refractivity contribution is 5.90. The van der Waals surface area contributed by atoms with Gasteiger partial charge in [0, 0.05) is 0 Å². The lowest BCUT2D eigenvalue weighted by molar-refractivity contribution is -0.146. The molecule has 1 aliphatic heterocycles. The van der Waals surface area contributed by atoms with Crippen molar-refractivity contribution < 1.29 is 28.6 Å². The second-order valence-electron chi connectivity index (χ2n) is 6.72. The molecule has 8 nitrogen and oxygen atoms in total. The van der Waals surface area contributed by atoms with Gasteiger partial charge in [-0.05, 0) is 26.7 Å². The molecule has 1 heterocycles. The molecule has 2 amide bonds. The van der Waals surface area contributed by atoms with Crippen LogP contribution in [0, 0.1) is 5.92 Å². The third-order valence-corrected chi connectivity index (χ3v) is 3.23. The molecule has 1 rings (SSSR count). The molecule has 0 radical (unpaired) electrons. The predicted molar refractivity (Wildman–Crippen MR) is 81.5 cm³/mol. The van der Waals surface area contributed by atoms with E-state index in [-0.39, 0.29) is 19.3 Å². The summed E-state index contributed by atoms with van der Waals surface area (Å²) in [7, 11) is 1.26. The first-order valence-electron chi connectivity index (χ1n) is 7.52. The Morgan fingerprint density at radius 1 is 1.26 bits per heavy atom. The van der Waals surface area contributed by atoms with Gasteiger partial charge in [-0.2, -0.15) is 0 Å². The van der Waals surface area contributed by atoms with E-state index >= 15 is 0 Å². The van der Waals surface area contributed by atoms with E-state index in [9.17, 15) is 14.4 Å². The Morgan fingerprint density at radius 3 is 2.35 bits per heavy atom. The van der Waals surface area contributed by atoms with E-state index in [1.807, 2.05) is 0 Å². The third-order valence-electron chi connectivity index (χ3n) is 3.23. The van der Waals surface area contributed by atoms with E-state index in [4.69, 9.17) is 9.47 Å². The molecule has 1 N–H and O–H groups in total. The number of nitrogens with zero attached hydrogens (tertiary/aromatic N) is 1. The number of ether oxygens (including phenoxy) is 3. The van der Waals surface area contributed by atoms with Crippen molar-refractivity contribution in [2.45, 2.75) is 52.3 Å². The summed E-state index contributed by atoms with van der Waals surface area (Å²) in [5.41, 5.74) is -0.673. The average molecular weight is 330 g/mol. The fourth-order valence-corrected chi connectivity index (χ4v) is 2.03. The molecule has 8 heteroatoms. The van der Waals surface area contributed by atoms with Crippen LogP contribution in [0.15, 0.2) is 0 Å². The number of carbonyl (C=O) groups excluding carboxylic acids is 3. The zero-order valence-electron chi connectivity index (χ0n) is 14.5. The van der Waals surface area contributed by atoms with Gasteiger partial charge >= 0.3 is 12.1 Å². The van der Waals surface area contributed by atoms with Gasteiger partial charge in [-0.3, -0.25) is 9.69 Å². The predicted octanol–water partition coefficient (Wildman–Crippen LogP) is 0.894. The number of hydrogen-bond donors (Lipinski definition) is 1. The molecule has 0 aromatic carbocycles. The normalized spacial score (nSPS) is 19.4. The van der Waals surface area contributed by atoms with Crippen LogP contribution in [0.25, 0.3) is 0 Å². The van der Waals surface area contributed by atoms with Crippen LogP contribution in [0.3, 0.4) is 0 Å². The summed E-state index contributed by atoms with van der Waals surface area (Å²) in [6.45, 7) is 8.82. The third kappa shape index (κ3) is 5.38. The maximum absolute atomic E-state index is 12.4. The lowest BCUT2D eigenvalue weighted by Crippen LogP contribution is -2.54. The van der Waals surface area contributed by atoms with Crippen molar-refractivity contribution in [3.63, 3.8) is 0 Å². The summed E-state index contributed by atoms with van der Waals surface area (Å²) < 4.78 is 15.1. The van der Waals surface area contributed by atoms with Crippen molar-refractivity contribution in [2.75, 3.05) is 20.4 Å². The molecule has 23 heavy (non-hydrogen) atoms. The van der Waals surface area contributed by atoms with Crippen LogP contribution in [0.2, 0.25) is 0 Å². The van der Waals surface area contributed by atoms with Gasteiger partial charge in [0.05, 0.1) is 13.7 Å². The monoisotopic (exact) mass is 330 g/mol. The maximum Gasteiger partial charge on any atom is 0.412 e. The van der Waals surface area contributed by atoms with Crippen molar-refractivity contribution >= 4 is 18.0 Å². The second-order valence-corrected chi connectivity index (χ2v) is 6.72. The molecule has 0 bridgehead atoms. The van der Waals surface area contributed by atoms with Crippen LogP contribution < -0.4 is 5.32 Å². The fraction of sp³-hybridized carbons (Fsp3) is 0.800. The van der Waals surface area contributed by atoms with E-state index < -0.39 is 35.7 Å². The molecular weight excluding hydrogens is 304 g/mol. The molecule has 1 fully saturated rings. The van der Waals surface area contributed by atoms with Gasteiger partial charge in [0.2, 0.25) is 5.91 Å². The fourth-order valence-electron chi connectivity index (χ4n) is 2.03. The molecule has 0 saturated carbocycles. The molecular formula is C15H26N2O6. The Bertz CT molecular complexity index is 457. The zero-order valence-corrected chi connectivity index (χ0v) is 14.5. The minimum absolute atomic E-state index is 0.0302. The lowest BCUT2D eigenvalue weighted by Gasteiger charge is -2.28. The van der Waals surface area contributed by atoms with Crippen molar-refractivity contribution in [2.24, 2.45) is 5.92 Å². The highest BCUT2D eigenvalue weighted by Crippen LogP contribution is 2.17. The van der Waals surface area contributed by atoms with Gasteiger partial charge in [-0.1, -0.05) is 13.8 Å². The highest BCUT2D eigenvalue weighted by Gasteiger charge is 2.39. The van der Waals surface area contributed by atoms with Crippen LogP contribution >= 0.6 is 0 Å². The van der Waals surface area contributed by atoms with Crippen LogP contribution in [0.4, 0.5) is 4.79 Å². The molecule has 0 aliphatic carbocycles. The van der Waals surface area contributed by atoms with Crippen molar-refractivity contribution in [3.8, 4) is 0 Å². The number of amides is 2. The first kappa shape index (κ1) is 19.2. The summed E-state index contributed by atoms with van der Waals surface area (Å²) >= 11 is 0. The van der Waals surface area contributed by atoms with E-state index in [1.54, 1.807) is 34.6 Å². The Morgan fingerprint density at radius 2 is 1.87 bits per heavy atom. The molecule has 2 atom stereocenters. The molecule has 0 spiro atoms. The quantitative estimate of drug-likeness (QED) is 0.770. The standard InChI is InChI=1S/C15H26N2O6/c1-9(2)11(13(19)21-6)16-12(18)10-7-22-8-17(10)14(20)23-15(3,4)5/h9-11H,7-8H2,1-6H3,(H,16,18)/t10-,11-/m0/s1. The SMILES string of the molecule is COC(=O)[C@@H](NC(=O)[C@@H]1COCN1C(=O)OC(C)(C)C)C(C)C. The minimum atomic E-state index is -0.837. The second kappa shape index (κ2) is 7.63. The lowest BCUT2D eigenvalue weighted by atomic mass is 10.0. The number of carbonyl (C=O) groups is 3. The van der Waals surface area contributed by atoms with Crippen LogP contribution in [0.1, 0.15) is 34.6 Å². The van der Waals surface area contributed by atoms with Gasteiger partial charge in [-0.25, -0.2) is 9.59 Å². The van der Waals surface area contributed by atoms with Crippen LogP contribution in [-0.2, 0) is 23.8 Å². The minimum Gasteiger partial charge on any atom is -0.467 e. The topological polar surface area (TPSA) is 94.2 Å². The van der Waals surface area contributed by atoms with E-state index in [2.05, 4.69) is 10.1 Å². The van der Waals surface area contributed by atoms with Gasteiger partial charge in [0.15, 0.2) is 0 Å². The zero-order chi connectivity index (χ0) is 17.8. The van der Waals surface area contributed by atoms with Gasteiger partial charge in [0.25, 0.3) is 0 Å². The van der Waals surface area contributed by atoms with Gasteiger partial charge in [0.1, 0.15) is 24.4 Å². The number of hydrogen-bond acceptors (Lipinski definition) is 6. The molecule has 0 aromatic rings. The number of methoxy groups -OCH3 is 1.